The fourth-order valence-corrected chi connectivity index (χ4v) is 1.49. The summed E-state index contributed by atoms with van der Waals surface area (Å²) in [4.78, 5) is 9.94. The molecule has 0 N–H and O–H groups in total. The molecular weight excluding hydrogens is 208 g/mol. The maximum absolute atomic E-state index is 9.94. The molecule has 0 saturated carbocycles. The Morgan fingerprint density at radius 2 is 2.20 bits per heavy atom. The number of hydrogen-bond donors (Lipinski definition) is 0. The zero-order valence-corrected chi connectivity index (χ0v) is 9.33. The second-order valence-corrected chi connectivity index (χ2v) is 3.78. The molecule has 0 bridgehead atoms. The van der Waals surface area contributed by atoms with E-state index in [1.807, 2.05) is 30.6 Å². The van der Waals surface area contributed by atoms with Gasteiger partial charge in [0.25, 0.3) is 0 Å². The first-order chi connectivity index (χ1) is 7.33. The van der Waals surface area contributed by atoms with Crippen LogP contribution < -0.4 is 0 Å². The molecule has 0 aliphatic rings. The van der Waals surface area contributed by atoms with Crippen molar-refractivity contribution in [3.8, 4) is 0 Å². The molecule has 79 valence electrons. The predicted octanol–water partition coefficient (Wildman–Crippen LogP) is 4.02. The zero-order chi connectivity index (χ0) is 10.9. The standard InChI is InChI=1S/C13H14ClO/c14-13-9-6-8-12(11-13)7-4-2-1-3-5-10-15/h4,6-9,11H,1-3,5H2. The van der Waals surface area contributed by atoms with Crippen molar-refractivity contribution in [3.05, 3.63) is 40.9 Å². The summed E-state index contributed by atoms with van der Waals surface area (Å²) in [6, 6.07) is 7.74. The normalized spacial score (nSPS) is 10.7. The van der Waals surface area contributed by atoms with E-state index in [1.165, 1.54) is 0 Å². The first kappa shape index (κ1) is 12.0. The molecule has 0 unspecified atom stereocenters. The Morgan fingerprint density at radius 1 is 1.33 bits per heavy atom. The average Bonchev–Trinajstić information content (AvgIpc) is 2.23. The van der Waals surface area contributed by atoms with Gasteiger partial charge < -0.3 is 0 Å². The van der Waals surface area contributed by atoms with Crippen molar-refractivity contribution in [2.24, 2.45) is 0 Å². The highest BCUT2D eigenvalue weighted by Crippen LogP contribution is 2.12. The van der Waals surface area contributed by atoms with Gasteiger partial charge in [-0.05, 0) is 37.0 Å². The Morgan fingerprint density at radius 3 is 2.93 bits per heavy atom. The number of rotatable bonds is 6. The third-order valence-electron chi connectivity index (χ3n) is 2.06. The second-order valence-electron chi connectivity index (χ2n) is 3.35. The van der Waals surface area contributed by atoms with E-state index in [0.29, 0.717) is 6.42 Å². The summed E-state index contributed by atoms with van der Waals surface area (Å²) in [5, 5.41) is 0.757. The third-order valence-corrected chi connectivity index (χ3v) is 2.29. The van der Waals surface area contributed by atoms with E-state index in [0.717, 1.165) is 29.8 Å². The first-order valence-electron chi connectivity index (χ1n) is 5.10. The van der Waals surface area contributed by atoms with E-state index in [9.17, 15) is 4.79 Å². The lowest BCUT2D eigenvalue weighted by molar-refractivity contribution is 0.547. The number of halogens is 1. The van der Waals surface area contributed by atoms with Crippen LogP contribution in [0.1, 0.15) is 31.2 Å². The van der Waals surface area contributed by atoms with E-state index in [-0.39, 0.29) is 0 Å². The van der Waals surface area contributed by atoms with Gasteiger partial charge in [-0.15, -0.1) is 0 Å². The molecule has 15 heavy (non-hydrogen) atoms. The minimum Gasteiger partial charge on any atom is -0.291 e. The van der Waals surface area contributed by atoms with Crippen molar-refractivity contribution in [3.63, 3.8) is 0 Å². The monoisotopic (exact) mass is 221 g/mol. The molecule has 0 spiro atoms. The average molecular weight is 222 g/mol. The molecule has 0 amide bonds. The Balaban J connectivity index is 2.28. The van der Waals surface area contributed by atoms with Gasteiger partial charge in [-0.1, -0.05) is 35.9 Å². The number of allylic oxidation sites excluding steroid dienone is 1. The fourth-order valence-electron chi connectivity index (χ4n) is 1.29. The van der Waals surface area contributed by atoms with Crippen molar-refractivity contribution >= 4 is 24.0 Å². The van der Waals surface area contributed by atoms with E-state index in [2.05, 4.69) is 12.2 Å². The van der Waals surface area contributed by atoms with Crippen LogP contribution in [0, 0.1) is 0 Å². The minimum atomic E-state index is 0.547. The molecule has 0 saturated heterocycles. The lowest BCUT2D eigenvalue weighted by Crippen LogP contribution is -1.76. The van der Waals surface area contributed by atoms with Crippen molar-refractivity contribution in [1.82, 2.24) is 0 Å². The van der Waals surface area contributed by atoms with Crippen LogP contribution in [0.4, 0.5) is 0 Å². The second kappa shape index (κ2) is 7.24. The third kappa shape index (κ3) is 5.38. The largest absolute Gasteiger partial charge is 0.291 e. The van der Waals surface area contributed by atoms with Gasteiger partial charge in [0.05, 0.1) is 0 Å². The van der Waals surface area contributed by atoms with Crippen LogP contribution in [0.15, 0.2) is 30.3 Å². The fraction of sp³-hybridized carbons (Fsp3) is 0.308. The first-order valence-corrected chi connectivity index (χ1v) is 5.48. The van der Waals surface area contributed by atoms with Crippen molar-refractivity contribution in [1.29, 1.82) is 0 Å². The van der Waals surface area contributed by atoms with Crippen LogP contribution in [0.3, 0.4) is 0 Å². The van der Waals surface area contributed by atoms with Gasteiger partial charge in [0, 0.05) is 11.4 Å². The SMILES string of the molecule is O=[C]CCCCC=Cc1cccc(Cl)c1. The van der Waals surface area contributed by atoms with Gasteiger partial charge in [-0.25, -0.2) is 0 Å². The van der Waals surface area contributed by atoms with Crippen LogP contribution >= 0.6 is 11.6 Å². The molecule has 0 aromatic heterocycles. The van der Waals surface area contributed by atoms with Crippen molar-refractivity contribution in [2.75, 3.05) is 0 Å². The van der Waals surface area contributed by atoms with Gasteiger partial charge in [0.15, 0.2) is 6.29 Å². The van der Waals surface area contributed by atoms with E-state index in [1.54, 1.807) is 0 Å². The highest BCUT2D eigenvalue weighted by molar-refractivity contribution is 6.30. The molecule has 1 radical (unpaired) electrons. The van der Waals surface area contributed by atoms with Crippen LogP contribution in [0.25, 0.3) is 6.08 Å². The smallest absolute Gasteiger partial charge is 0.198 e. The lowest BCUT2D eigenvalue weighted by atomic mass is 10.1. The number of unbranched alkanes of at least 4 members (excludes halogenated alkanes) is 3. The molecule has 0 heterocycles. The molecule has 0 atom stereocenters. The van der Waals surface area contributed by atoms with Gasteiger partial charge >= 0.3 is 0 Å². The summed E-state index contributed by atoms with van der Waals surface area (Å²) >= 11 is 5.85. The van der Waals surface area contributed by atoms with Crippen molar-refractivity contribution in [2.45, 2.75) is 25.7 Å². The summed E-state index contributed by atoms with van der Waals surface area (Å²) in [6.45, 7) is 0. The summed E-state index contributed by atoms with van der Waals surface area (Å²) in [5.41, 5.74) is 1.12. The molecule has 1 nitrogen and oxygen atoms in total. The number of benzene rings is 1. The quantitative estimate of drug-likeness (QED) is 0.663. The Kier molecular flexibility index (Phi) is 5.79. The molecule has 1 aromatic carbocycles. The number of hydrogen-bond acceptors (Lipinski definition) is 1. The highest BCUT2D eigenvalue weighted by Gasteiger charge is 1.89. The predicted molar refractivity (Wildman–Crippen MR) is 64.6 cm³/mol. The van der Waals surface area contributed by atoms with Gasteiger partial charge in [-0.2, -0.15) is 0 Å². The van der Waals surface area contributed by atoms with Crippen LogP contribution in [0.5, 0.6) is 0 Å². The minimum absolute atomic E-state index is 0.547. The number of carbonyl (C=O) groups excluding carboxylic acids is 1. The van der Waals surface area contributed by atoms with Crippen molar-refractivity contribution < 1.29 is 4.79 Å². The van der Waals surface area contributed by atoms with Crippen LogP contribution in [0.2, 0.25) is 5.02 Å². The van der Waals surface area contributed by atoms with Crippen LogP contribution in [-0.4, -0.2) is 6.29 Å². The van der Waals surface area contributed by atoms with Crippen LogP contribution in [-0.2, 0) is 4.79 Å². The van der Waals surface area contributed by atoms with Gasteiger partial charge in [0.1, 0.15) is 0 Å². The topological polar surface area (TPSA) is 17.1 Å². The summed E-state index contributed by atoms with van der Waals surface area (Å²) in [7, 11) is 0. The maximum Gasteiger partial charge on any atom is 0.198 e. The molecule has 1 rings (SSSR count). The van der Waals surface area contributed by atoms with Gasteiger partial charge in [0.2, 0.25) is 0 Å². The molecule has 0 aliphatic heterocycles. The summed E-state index contributed by atoms with van der Waals surface area (Å²) in [5.74, 6) is 0. The Bertz CT molecular complexity index is 331. The molecule has 0 aliphatic carbocycles. The Hall–Kier alpha value is -1.08. The molecule has 0 fully saturated rings. The molecule has 1 aromatic rings. The van der Waals surface area contributed by atoms with E-state index in [4.69, 9.17) is 11.6 Å². The maximum atomic E-state index is 9.94. The molecular formula is C13H14ClO. The highest BCUT2D eigenvalue weighted by atomic mass is 35.5. The summed E-state index contributed by atoms with van der Waals surface area (Å²) < 4.78 is 0. The zero-order valence-electron chi connectivity index (χ0n) is 8.58. The van der Waals surface area contributed by atoms with Gasteiger partial charge in [-0.3, -0.25) is 4.79 Å². The van der Waals surface area contributed by atoms with E-state index < -0.39 is 0 Å². The Labute approximate surface area is 95.8 Å². The lowest BCUT2D eigenvalue weighted by Gasteiger charge is -1.94. The van der Waals surface area contributed by atoms with E-state index >= 15 is 0 Å². The summed E-state index contributed by atoms with van der Waals surface area (Å²) in [6.07, 6.45) is 9.55. The molecule has 2 heteroatoms.